The molecule has 0 aromatic heterocycles. The first kappa shape index (κ1) is 14.9. The lowest BCUT2D eigenvalue weighted by molar-refractivity contribution is 0.237. The van der Waals surface area contributed by atoms with Crippen LogP contribution in [0.15, 0.2) is 18.2 Å². The average molecular weight is 273 g/mol. The summed E-state index contributed by atoms with van der Waals surface area (Å²) in [6, 6.07) is 6.07. The topological polar surface area (TPSA) is 32.7 Å². The monoisotopic (exact) mass is 273 g/mol. The molecule has 3 heteroatoms. The van der Waals surface area contributed by atoms with Crippen LogP contribution in [0.4, 0.5) is 0 Å². The molecule has 0 unspecified atom stereocenters. The largest absolute Gasteiger partial charge is 0.491 e. The highest BCUT2D eigenvalue weighted by atomic mass is 16.5. The van der Waals surface area contributed by atoms with E-state index in [9.17, 15) is 0 Å². The van der Waals surface area contributed by atoms with Crippen molar-refractivity contribution in [3.05, 3.63) is 29.3 Å². The molecule has 0 amide bonds. The maximum Gasteiger partial charge on any atom is 0.134 e. The summed E-state index contributed by atoms with van der Waals surface area (Å²) in [7, 11) is 0. The Hall–Kier alpha value is -1.50. The number of aryl methyl sites for hydroxylation is 1. The first-order valence-corrected chi connectivity index (χ1v) is 7.35. The minimum Gasteiger partial charge on any atom is -0.491 e. The van der Waals surface area contributed by atoms with Crippen LogP contribution < -0.4 is 4.74 Å². The molecule has 20 heavy (non-hydrogen) atoms. The Morgan fingerprint density at radius 1 is 1.30 bits per heavy atom. The van der Waals surface area contributed by atoms with Crippen molar-refractivity contribution in [1.82, 2.24) is 4.90 Å². The van der Waals surface area contributed by atoms with E-state index in [0.29, 0.717) is 13.0 Å². The van der Waals surface area contributed by atoms with Gasteiger partial charge in [0.25, 0.3) is 0 Å². The number of hydrogen-bond acceptors (Lipinski definition) is 3. The van der Waals surface area contributed by atoms with Crippen molar-refractivity contribution in [2.24, 2.45) is 0 Å². The van der Waals surface area contributed by atoms with Crippen LogP contribution in [0.5, 0.6) is 5.75 Å². The molecular formula is C17H23NO2. The summed E-state index contributed by atoms with van der Waals surface area (Å²) in [5.74, 6) is 6.89. The molecule has 0 atom stereocenters. The highest BCUT2D eigenvalue weighted by Crippen LogP contribution is 2.19. The van der Waals surface area contributed by atoms with Crippen LogP contribution in [-0.2, 0) is 0 Å². The second kappa shape index (κ2) is 7.94. The van der Waals surface area contributed by atoms with Crippen molar-refractivity contribution in [2.45, 2.75) is 26.2 Å². The third-order valence-electron chi connectivity index (χ3n) is 3.46. The smallest absolute Gasteiger partial charge is 0.134 e. The van der Waals surface area contributed by atoms with Crippen molar-refractivity contribution in [1.29, 1.82) is 0 Å². The first-order chi connectivity index (χ1) is 9.79. The Balaban J connectivity index is 1.93. The van der Waals surface area contributed by atoms with Gasteiger partial charge in [-0.15, -0.1) is 0 Å². The molecule has 0 bridgehead atoms. The van der Waals surface area contributed by atoms with Crippen molar-refractivity contribution < 1.29 is 9.84 Å². The summed E-state index contributed by atoms with van der Waals surface area (Å²) in [4.78, 5) is 2.44. The van der Waals surface area contributed by atoms with Crippen molar-refractivity contribution in [3.8, 4) is 17.6 Å². The van der Waals surface area contributed by atoms with E-state index in [-0.39, 0.29) is 6.61 Å². The van der Waals surface area contributed by atoms with Crippen LogP contribution in [-0.4, -0.2) is 42.9 Å². The number of nitrogens with zero attached hydrogens (tertiary/aromatic N) is 1. The molecule has 3 nitrogen and oxygen atoms in total. The predicted molar refractivity (Wildman–Crippen MR) is 80.9 cm³/mol. The molecule has 2 rings (SSSR count). The van der Waals surface area contributed by atoms with E-state index in [1.54, 1.807) is 0 Å². The number of aliphatic hydroxyl groups excluding tert-OH is 1. The molecule has 0 aliphatic carbocycles. The van der Waals surface area contributed by atoms with Gasteiger partial charge in [-0.2, -0.15) is 0 Å². The van der Waals surface area contributed by atoms with Gasteiger partial charge in [-0.3, -0.25) is 4.90 Å². The normalized spacial score (nSPS) is 14.9. The van der Waals surface area contributed by atoms with Crippen LogP contribution in [0.1, 0.15) is 30.4 Å². The summed E-state index contributed by atoms with van der Waals surface area (Å²) in [6.45, 7) is 6.23. The molecule has 1 aromatic carbocycles. The van der Waals surface area contributed by atoms with Gasteiger partial charge >= 0.3 is 0 Å². The van der Waals surface area contributed by atoms with Crippen molar-refractivity contribution in [3.63, 3.8) is 0 Å². The SMILES string of the molecule is Cc1ccc(OCCN2CCCC2)c(C#CCCO)c1. The summed E-state index contributed by atoms with van der Waals surface area (Å²) in [5.41, 5.74) is 2.09. The summed E-state index contributed by atoms with van der Waals surface area (Å²) >= 11 is 0. The molecular weight excluding hydrogens is 250 g/mol. The zero-order chi connectivity index (χ0) is 14.2. The van der Waals surface area contributed by atoms with Gasteiger partial charge in [0.1, 0.15) is 12.4 Å². The minimum atomic E-state index is 0.101. The predicted octanol–water partition coefficient (Wildman–Crippen LogP) is 2.20. The van der Waals surface area contributed by atoms with Crippen LogP contribution in [0.25, 0.3) is 0 Å². The highest BCUT2D eigenvalue weighted by molar-refractivity contribution is 5.48. The Bertz CT molecular complexity index is 481. The third kappa shape index (κ3) is 4.56. The summed E-state index contributed by atoms with van der Waals surface area (Å²) in [5, 5.41) is 8.79. The minimum absolute atomic E-state index is 0.101. The quantitative estimate of drug-likeness (QED) is 0.835. The number of benzene rings is 1. The third-order valence-corrected chi connectivity index (χ3v) is 3.46. The molecule has 108 valence electrons. The standard InChI is InChI=1S/C17H23NO2/c1-15-7-8-17(16(14-15)6-2-5-12-19)20-13-11-18-9-3-4-10-18/h7-8,14,19H,3-5,9-13H2,1H3. The second-order valence-electron chi connectivity index (χ2n) is 5.17. The maximum absolute atomic E-state index is 8.79. The van der Waals surface area contributed by atoms with E-state index in [1.165, 1.54) is 31.5 Å². The summed E-state index contributed by atoms with van der Waals surface area (Å²) < 4.78 is 5.88. The van der Waals surface area contributed by atoms with E-state index in [1.807, 2.05) is 25.1 Å². The molecule has 1 fully saturated rings. The first-order valence-electron chi connectivity index (χ1n) is 7.35. The number of rotatable bonds is 5. The molecule has 0 radical (unpaired) electrons. The second-order valence-corrected chi connectivity index (χ2v) is 5.17. The lowest BCUT2D eigenvalue weighted by atomic mass is 10.1. The molecule has 1 N–H and O–H groups in total. The van der Waals surface area contributed by atoms with E-state index < -0.39 is 0 Å². The number of ether oxygens (including phenoxy) is 1. The van der Waals surface area contributed by atoms with Gasteiger partial charge in [0.2, 0.25) is 0 Å². The van der Waals surface area contributed by atoms with E-state index in [4.69, 9.17) is 9.84 Å². The van der Waals surface area contributed by atoms with E-state index in [0.717, 1.165) is 17.9 Å². The zero-order valence-corrected chi connectivity index (χ0v) is 12.2. The number of aliphatic hydroxyl groups is 1. The molecule has 1 aliphatic heterocycles. The number of hydrogen-bond donors (Lipinski definition) is 1. The van der Waals surface area contributed by atoms with Gasteiger partial charge in [0.05, 0.1) is 12.2 Å². The Labute approximate surface area is 121 Å². The Morgan fingerprint density at radius 2 is 2.10 bits per heavy atom. The molecule has 1 heterocycles. The maximum atomic E-state index is 8.79. The molecule has 1 aliphatic rings. The van der Waals surface area contributed by atoms with Crippen LogP contribution >= 0.6 is 0 Å². The number of likely N-dealkylation sites (tertiary alicyclic amines) is 1. The molecule has 1 saturated heterocycles. The van der Waals surface area contributed by atoms with Crippen molar-refractivity contribution >= 4 is 0 Å². The summed E-state index contributed by atoms with van der Waals surface area (Å²) in [6.07, 6.45) is 3.12. The Kier molecular flexibility index (Phi) is 5.91. The Morgan fingerprint density at radius 3 is 2.85 bits per heavy atom. The van der Waals surface area contributed by atoms with Crippen LogP contribution in [0, 0.1) is 18.8 Å². The van der Waals surface area contributed by atoms with Crippen LogP contribution in [0.3, 0.4) is 0 Å². The average Bonchev–Trinajstić information content (AvgIpc) is 2.95. The van der Waals surface area contributed by atoms with Gasteiger partial charge in [-0.25, -0.2) is 0 Å². The van der Waals surface area contributed by atoms with E-state index in [2.05, 4.69) is 16.7 Å². The fourth-order valence-corrected chi connectivity index (χ4v) is 2.37. The fraction of sp³-hybridized carbons (Fsp3) is 0.529. The molecule has 0 spiro atoms. The lowest BCUT2D eigenvalue weighted by Crippen LogP contribution is -2.25. The lowest BCUT2D eigenvalue weighted by Gasteiger charge is -2.15. The van der Waals surface area contributed by atoms with Gasteiger partial charge in [-0.1, -0.05) is 17.9 Å². The van der Waals surface area contributed by atoms with Crippen LogP contribution in [0.2, 0.25) is 0 Å². The highest BCUT2D eigenvalue weighted by Gasteiger charge is 2.11. The van der Waals surface area contributed by atoms with E-state index >= 15 is 0 Å². The zero-order valence-electron chi connectivity index (χ0n) is 12.2. The molecule has 0 saturated carbocycles. The van der Waals surface area contributed by atoms with Crippen molar-refractivity contribution in [2.75, 3.05) is 32.8 Å². The fourth-order valence-electron chi connectivity index (χ4n) is 2.37. The van der Waals surface area contributed by atoms with Gasteiger partial charge in [0, 0.05) is 13.0 Å². The van der Waals surface area contributed by atoms with Gasteiger partial charge in [-0.05, 0) is 50.6 Å². The molecule has 1 aromatic rings. The van der Waals surface area contributed by atoms with Gasteiger partial charge in [0.15, 0.2) is 0 Å². The van der Waals surface area contributed by atoms with Gasteiger partial charge < -0.3 is 9.84 Å².